The number of carboxylic acid groups (broad SMARTS) is 1. The van der Waals surface area contributed by atoms with E-state index >= 15 is 0 Å². The first-order chi connectivity index (χ1) is 7.15. The van der Waals surface area contributed by atoms with Crippen molar-refractivity contribution >= 4 is 23.4 Å². The van der Waals surface area contributed by atoms with E-state index in [-0.39, 0.29) is 11.3 Å². The zero-order chi connectivity index (χ0) is 11.3. The molecule has 1 aromatic rings. The van der Waals surface area contributed by atoms with Gasteiger partial charge in [-0.25, -0.2) is 4.79 Å². The average molecular weight is 227 g/mol. The first-order valence-corrected chi connectivity index (χ1v) is 4.84. The summed E-state index contributed by atoms with van der Waals surface area (Å²) in [6, 6.07) is -0.961. The van der Waals surface area contributed by atoms with E-state index in [1.54, 1.807) is 0 Å². The second-order valence-electron chi connectivity index (χ2n) is 2.67. The summed E-state index contributed by atoms with van der Waals surface area (Å²) in [5.74, 6) is -1.58. The van der Waals surface area contributed by atoms with Gasteiger partial charge >= 0.3 is 5.97 Å². The van der Waals surface area contributed by atoms with Gasteiger partial charge in [-0.3, -0.25) is 4.79 Å². The molecule has 1 amide bonds. The topological polar surface area (TPSA) is 92.2 Å². The zero-order valence-electron chi connectivity index (χ0n) is 7.71. The lowest BCUT2D eigenvalue weighted by Gasteiger charge is -2.10. The highest BCUT2D eigenvalue weighted by Crippen LogP contribution is 2.03. The Morgan fingerprint density at radius 1 is 1.73 bits per heavy atom. The summed E-state index contributed by atoms with van der Waals surface area (Å²) < 4.78 is 3.50. The summed E-state index contributed by atoms with van der Waals surface area (Å²) in [6.45, 7) is 3.42. The molecule has 0 fully saturated rings. The number of amides is 1. The molecule has 1 heterocycles. The number of carboxylic acids is 1. The second-order valence-corrected chi connectivity index (χ2v) is 3.46. The van der Waals surface area contributed by atoms with Crippen LogP contribution in [0.1, 0.15) is 16.1 Å². The minimum atomic E-state index is -1.10. The van der Waals surface area contributed by atoms with Crippen molar-refractivity contribution in [2.45, 2.75) is 12.5 Å². The fraction of sp³-hybridized carbons (Fsp3) is 0.250. The summed E-state index contributed by atoms with van der Waals surface area (Å²) in [5, 5.41) is 14.6. The van der Waals surface area contributed by atoms with Crippen molar-refractivity contribution < 1.29 is 14.7 Å². The molecule has 0 radical (unpaired) electrons. The SMILES string of the molecule is C=CCC(NC(=O)c1cnns1)C(=O)O. The highest BCUT2D eigenvalue weighted by atomic mass is 32.1. The third kappa shape index (κ3) is 3.13. The van der Waals surface area contributed by atoms with Gasteiger partial charge in [0.05, 0.1) is 6.20 Å². The van der Waals surface area contributed by atoms with Crippen molar-refractivity contribution in [3.8, 4) is 0 Å². The van der Waals surface area contributed by atoms with Gasteiger partial charge in [-0.2, -0.15) is 0 Å². The Labute approximate surface area is 89.8 Å². The van der Waals surface area contributed by atoms with Crippen LogP contribution in [0.4, 0.5) is 0 Å². The molecule has 0 aliphatic rings. The molecule has 0 aromatic carbocycles. The molecule has 1 atom stereocenters. The van der Waals surface area contributed by atoms with Crippen LogP contribution in [0, 0.1) is 0 Å². The maximum absolute atomic E-state index is 11.4. The summed E-state index contributed by atoms with van der Waals surface area (Å²) in [7, 11) is 0. The van der Waals surface area contributed by atoms with E-state index in [9.17, 15) is 9.59 Å². The number of aromatic nitrogens is 2. The van der Waals surface area contributed by atoms with Crippen LogP contribution >= 0.6 is 11.5 Å². The number of aliphatic carboxylic acids is 1. The van der Waals surface area contributed by atoms with E-state index in [1.807, 2.05) is 0 Å². The summed E-state index contributed by atoms with van der Waals surface area (Å²) in [6.07, 6.45) is 2.89. The minimum absolute atomic E-state index is 0.174. The van der Waals surface area contributed by atoms with Crippen molar-refractivity contribution in [3.05, 3.63) is 23.7 Å². The van der Waals surface area contributed by atoms with E-state index < -0.39 is 17.9 Å². The Kier molecular flexibility index (Phi) is 3.92. The van der Waals surface area contributed by atoms with Crippen LogP contribution in [0.25, 0.3) is 0 Å². The van der Waals surface area contributed by atoms with Crippen LogP contribution in [0.5, 0.6) is 0 Å². The van der Waals surface area contributed by atoms with Gasteiger partial charge in [-0.05, 0) is 18.0 Å². The lowest BCUT2D eigenvalue weighted by molar-refractivity contribution is -0.139. The first kappa shape index (κ1) is 11.3. The third-order valence-electron chi connectivity index (χ3n) is 1.59. The van der Waals surface area contributed by atoms with Crippen molar-refractivity contribution in [3.63, 3.8) is 0 Å². The Morgan fingerprint density at radius 3 is 2.93 bits per heavy atom. The standard InChI is InChI=1S/C8H9N3O3S/c1-2-3-5(8(13)14)10-7(12)6-4-9-11-15-6/h2,4-5H,1,3H2,(H,10,12)(H,13,14). The molecule has 0 saturated carbocycles. The predicted molar refractivity (Wildman–Crippen MR) is 53.6 cm³/mol. The normalized spacial score (nSPS) is 11.7. The number of nitrogens with zero attached hydrogens (tertiary/aromatic N) is 2. The van der Waals surface area contributed by atoms with Gasteiger partial charge in [0.25, 0.3) is 5.91 Å². The van der Waals surface area contributed by atoms with Gasteiger partial charge in [0, 0.05) is 0 Å². The van der Waals surface area contributed by atoms with Crippen LogP contribution in [-0.2, 0) is 4.79 Å². The largest absolute Gasteiger partial charge is 0.480 e. The third-order valence-corrected chi connectivity index (χ3v) is 2.25. The number of hydrogen-bond donors (Lipinski definition) is 2. The molecule has 0 aliphatic carbocycles. The van der Waals surface area contributed by atoms with Gasteiger partial charge in [-0.15, -0.1) is 11.7 Å². The molecule has 7 heteroatoms. The van der Waals surface area contributed by atoms with Crippen LogP contribution in [-0.4, -0.2) is 32.6 Å². The highest BCUT2D eigenvalue weighted by Gasteiger charge is 2.19. The zero-order valence-corrected chi connectivity index (χ0v) is 8.53. The van der Waals surface area contributed by atoms with Gasteiger partial charge < -0.3 is 10.4 Å². The Hall–Kier alpha value is -1.76. The maximum Gasteiger partial charge on any atom is 0.326 e. The Bertz CT molecular complexity index is 363. The summed E-state index contributed by atoms with van der Waals surface area (Å²) in [5.41, 5.74) is 0. The fourth-order valence-corrected chi connectivity index (χ4v) is 1.30. The van der Waals surface area contributed by atoms with E-state index in [4.69, 9.17) is 5.11 Å². The molecule has 80 valence electrons. The lowest BCUT2D eigenvalue weighted by atomic mass is 10.2. The van der Waals surface area contributed by atoms with Gasteiger partial charge in [-0.1, -0.05) is 10.6 Å². The summed E-state index contributed by atoms with van der Waals surface area (Å²) >= 11 is 0.911. The molecule has 0 saturated heterocycles. The molecule has 0 spiro atoms. The smallest absolute Gasteiger partial charge is 0.326 e. The van der Waals surface area contributed by atoms with Gasteiger partial charge in [0.15, 0.2) is 0 Å². The number of carbonyl (C=O) groups is 2. The molecule has 1 rings (SSSR count). The molecule has 2 N–H and O–H groups in total. The number of hydrogen-bond acceptors (Lipinski definition) is 5. The van der Waals surface area contributed by atoms with Crippen molar-refractivity contribution in [1.82, 2.24) is 14.9 Å². The van der Waals surface area contributed by atoms with Crippen LogP contribution < -0.4 is 5.32 Å². The van der Waals surface area contributed by atoms with Crippen molar-refractivity contribution in [1.29, 1.82) is 0 Å². The van der Waals surface area contributed by atoms with E-state index in [0.29, 0.717) is 0 Å². The van der Waals surface area contributed by atoms with E-state index in [0.717, 1.165) is 11.5 Å². The van der Waals surface area contributed by atoms with Crippen LogP contribution in [0.2, 0.25) is 0 Å². The predicted octanol–water partition coefficient (Wildman–Crippen LogP) is 0.297. The number of carbonyl (C=O) groups excluding carboxylic acids is 1. The molecular formula is C8H9N3O3S. The van der Waals surface area contributed by atoms with Gasteiger partial charge in [0.1, 0.15) is 10.9 Å². The first-order valence-electron chi connectivity index (χ1n) is 4.07. The fourth-order valence-electron chi connectivity index (χ4n) is 0.885. The van der Waals surface area contributed by atoms with Crippen LogP contribution in [0.3, 0.4) is 0 Å². The molecule has 1 unspecified atom stereocenters. The maximum atomic E-state index is 11.4. The van der Waals surface area contributed by atoms with Crippen molar-refractivity contribution in [2.75, 3.05) is 0 Å². The van der Waals surface area contributed by atoms with Crippen LogP contribution in [0.15, 0.2) is 18.9 Å². The molecular weight excluding hydrogens is 218 g/mol. The minimum Gasteiger partial charge on any atom is -0.480 e. The highest BCUT2D eigenvalue weighted by molar-refractivity contribution is 7.07. The van der Waals surface area contributed by atoms with Gasteiger partial charge in [0.2, 0.25) is 0 Å². The quantitative estimate of drug-likeness (QED) is 0.706. The molecule has 15 heavy (non-hydrogen) atoms. The lowest BCUT2D eigenvalue weighted by Crippen LogP contribution is -2.40. The molecule has 0 bridgehead atoms. The average Bonchev–Trinajstić information content (AvgIpc) is 2.69. The van der Waals surface area contributed by atoms with Crippen molar-refractivity contribution in [2.24, 2.45) is 0 Å². The Morgan fingerprint density at radius 2 is 2.47 bits per heavy atom. The van der Waals surface area contributed by atoms with E-state index in [1.165, 1.54) is 12.3 Å². The molecule has 0 aliphatic heterocycles. The Balaban J connectivity index is 2.62. The molecule has 6 nitrogen and oxygen atoms in total. The molecule has 1 aromatic heterocycles. The number of nitrogens with one attached hydrogen (secondary N) is 1. The summed E-state index contributed by atoms with van der Waals surface area (Å²) in [4.78, 5) is 22.4. The van der Waals surface area contributed by atoms with E-state index in [2.05, 4.69) is 21.5 Å². The number of rotatable bonds is 5. The second kappa shape index (κ2) is 5.20. The monoisotopic (exact) mass is 227 g/mol.